The number of hydrogen-bond acceptors (Lipinski definition) is 3. The first-order chi connectivity index (χ1) is 10.3. The monoisotopic (exact) mass is 369 g/mol. The van der Waals surface area contributed by atoms with Gasteiger partial charge in [0.05, 0.1) is 0 Å². The van der Waals surface area contributed by atoms with Gasteiger partial charge in [-0.25, -0.2) is 4.79 Å². The Morgan fingerprint density at radius 3 is 2.41 bits per heavy atom. The van der Waals surface area contributed by atoms with E-state index in [0.29, 0.717) is 19.8 Å². The van der Waals surface area contributed by atoms with Crippen LogP contribution in [-0.2, 0) is 14.9 Å². The highest BCUT2D eigenvalue weighted by Gasteiger charge is 2.35. The molecule has 1 amide bonds. The second-order valence-electron chi connectivity index (χ2n) is 6.76. The molecule has 0 aliphatic carbocycles. The lowest BCUT2D eigenvalue weighted by molar-refractivity contribution is 0.0373. The standard InChI is InChI=1S/C17H24BrNO3/c1-16(2,3)22-15(20)19-12-17(8-10-21-11-9-17)13-4-6-14(18)7-5-13/h4-7H,8-12H2,1-3H3,(H,19,20). The molecule has 1 heterocycles. The number of nitrogens with one attached hydrogen (secondary N) is 1. The van der Waals surface area contributed by atoms with Gasteiger partial charge >= 0.3 is 6.09 Å². The number of ether oxygens (including phenoxy) is 2. The number of amides is 1. The van der Waals surface area contributed by atoms with E-state index >= 15 is 0 Å². The number of carbonyl (C=O) groups excluding carboxylic acids is 1. The van der Waals surface area contributed by atoms with Crippen LogP contribution in [0.15, 0.2) is 28.7 Å². The summed E-state index contributed by atoms with van der Waals surface area (Å²) in [5, 5.41) is 2.93. The van der Waals surface area contributed by atoms with E-state index in [9.17, 15) is 4.79 Å². The number of benzene rings is 1. The molecule has 4 nitrogen and oxygen atoms in total. The van der Waals surface area contributed by atoms with Gasteiger partial charge in [-0.05, 0) is 51.3 Å². The second kappa shape index (κ2) is 7.01. The summed E-state index contributed by atoms with van der Waals surface area (Å²) in [4.78, 5) is 12.0. The van der Waals surface area contributed by atoms with Crippen molar-refractivity contribution in [3.05, 3.63) is 34.3 Å². The van der Waals surface area contributed by atoms with Gasteiger partial charge in [0.1, 0.15) is 5.60 Å². The van der Waals surface area contributed by atoms with Crippen molar-refractivity contribution >= 4 is 22.0 Å². The maximum Gasteiger partial charge on any atom is 0.407 e. The largest absolute Gasteiger partial charge is 0.444 e. The van der Waals surface area contributed by atoms with Gasteiger partial charge in [-0.1, -0.05) is 28.1 Å². The lowest BCUT2D eigenvalue weighted by Gasteiger charge is -2.38. The van der Waals surface area contributed by atoms with Gasteiger partial charge < -0.3 is 14.8 Å². The highest BCUT2D eigenvalue weighted by atomic mass is 79.9. The van der Waals surface area contributed by atoms with Gasteiger partial charge in [-0.3, -0.25) is 0 Å². The van der Waals surface area contributed by atoms with E-state index < -0.39 is 5.60 Å². The van der Waals surface area contributed by atoms with E-state index in [0.717, 1.165) is 17.3 Å². The first-order valence-corrected chi connectivity index (χ1v) is 8.41. The normalized spacial score (nSPS) is 17.8. The summed E-state index contributed by atoms with van der Waals surface area (Å²) in [5.74, 6) is 0. The van der Waals surface area contributed by atoms with Gasteiger partial charge in [-0.2, -0.15) is 0 Å². The molecule has 1 aliphatic heterocycles. The molecule has 1 aliphatic rings. The zero-order valence-corrected chi connectivity index (χ0v) is 15.0. The van der Waals surface area contributed by atoms with Crippen molar-refractivity contribution in [3.8, 4) is 0 Å². The Hall–Kier alpha value is -1.07. The van der Waals surface area contributed by atoms with Crippen molar-refractivity contribution in [2.75, 3.05) is 19.8 Å². The van der Waals surface area contributed by atoms with Crippen LogP contribution >= 0.6 is 15.9 Å². The number of rotatable bonds is 3. The predicted octanol–water partition coefficient (Wildman–Crippen LogP) is 4.02. The molecular formula is C17H24BrNO3. The van der Waals surface area contributed by atoms with E-state index in [1.807, 2.05) is 32.9 Å². The second-order valence-corrected chi connectivity index (χ2v) is 7.67. The maximum absolute atomic E-state index is 12.0. The molecule has 1 N–H and O–H groups in total. The molecule has 0 spiro atoms. The van der Waals surface area contributed by atoms with Crippen molar-refractivity contribution < 1.29 is 14.3 Å². The summed E-state index contributed by atoms with van der Waals surface area (Å²) < 4.78 is 11.9. The highest BCUT2D eigenvalue weighted by molar-refractivity contribution is 9.10. The minimum Gasteiger partial charge on any atom is -0.444 e. The van der Waals surface area contributed by atoms with Crippen molar-refractivity contribution in [2.24, 2.45) is 0 Å². The predicted molar refractivity (Wildman–Crippen MR) is 90.1 cm³/mol. The fraction of sp³-hybridized carbons (Fsp3) is 0.588. The molecule has 1 aromatic rings. The fourth-order valence-corrected chi connectivity index (χ4v) is 2.95. The van der Waals surface area contributed by atoms with Crippen LogP contribution in [0.4, 0.5) is 4.79 Å². The summed E-state index contributed by atoms with van der Waals surface area (Å²) in [6, 6.07) is 8.32. The summed E-state index contributed by atoms with van der Waals surface area (Å²) in [6.07, 6.45) is 1.42. The molecule has 0 atom stereocenters. The molecule has 1 saturated heterocycles. The molecular weight excluding hydrogens is 346 g/mol. The Kier molecular flexibility index (Phi) is 5.50. The average Bonchev–Trinajstić information content (AvgIpc) is 2.45. The molecule has 0 saturated carbocycles. The lowest BCUT2D eigenvalue weighted by atomic mass is 9.74. The third-order valence-electron chi connectivity index (χ3n) is 3.88. The Morgan fingerprint density at radius 2 is 1.86 bits per heavy atom. The molecule has 0 unspecified atom stereocenters. The Morgan fingerprint density at radius 1 is 1.27 bits per heavy atom. The molecule has 22 heavy (non-hydrogen) atoms. The summed E-state index contributed by atoms with van der Waals surface area (Å²) >= 11 is 3.47. The minimum absolute atomic E-state index is 0.0874. The average molecular weight is 370 g/mol. The van der Waals surface area contributed by atoms with Crippen molar-refractivity contribution in [1.29, 1.82) is 0 Å². The zero-order valence-electron chi connectivity index (χ0n) is 13.4. The van der Waals surface area contributed by atoms with Crippen molar-refractivity contribution in [3.63, 3.8) is 0 Å². The summed E-state index contributed by atoms with van der Waals surface area (Å²) in [5.41, 5.74) is 0.662. The van der Waals surface area contributed by atoms with Crippen LogP contribution in [0.1, 0.15) is 39.2 Å². The SMILES string of the molecule is CC(C)(C)OC(=O)NCC1(c2ccc(Br)cc2)CCOCC1. The first-order valence-electron chi connectivity index (χ1n) is 7.61. The van der Waals surface area contributed by atoms with Crippen LogP contribution in [0.25, 0.3) is 0 Å². The van der Waals surface area contributed by atoms with Gasteiger partial charge in [-0.15, -0.1) is 0 Å². The number of carbonyl (C=O) groups is 1. The lowest BCUT2D eigenvalue weighted by Crippen LogP contribution is -2.45. The van der Waals surface area contributed by atoms with E-state index in [1.165, 1.54) is 5.56 Å². The van der Waals surface area contributed by atoms with E-state index in [2.05, 4.69) is 33.4 Å². The number of halogens is 1. The third kappa shape index (κ3) is 4.71. The molecule has 2 rings (SSSR count). The Labute approximate surface area is 140 Å². The van der Waals surface area contributed by atoms with Gasteiger partial charge in [0, 0.05) is 29.6 Å². The molecule has 0 bridgehead atoms. The third-order valence-corrected chi connectivity index (χ3v) is 4.41. The molecule has 0 radical (unpaired) electrons. The molecule has 5 heteroatoms. The first kappa shape index (κ1) is 17.3. The highest BCUT2D eigenvalue weighted by Crippen LogP contribution is 2.35. The number of hydrogen-bond donors (Lipinski definition) is 1. The van der Waals surface area contributed by atoms with Crippen LogP contribution < -0.4 is 5.32 Å². The van der Waals surface area contributed by atoms with Crippen LogP contribution in [-0.4, -0.2) is 31.5 Å². The van der Waals surface area contributed by atoms with Crippen molar-refractivity contribution in [1.82, 2.24) is 5.32 Å². The molecule has 1 aromatic carbocycles. The van der Waals surface area contributed by atoms with Crippen LogP contribution in [0.3, 0.4) is 0 Å². The van der Waals surface area contributed by atoms with Crippen LogP contribution in [0.5, 0.6) is 0 Å². The fourth-order valence-electron chi connectivity index (χ4n) is 2.69. The van der Waals surface area contributed by atoms with Gasteiger partial charge in [0.15, 0.2) is 0 Å². The van der Waals surface area contributed by atoms with E-state index in [1.54, 1.807) is 0 Å². The van der Waals surface area contributed by atoms with Gasteiger partial charge in [0.25, 0.3) is 0 Å². The van der Waals surface area contributed by atoms with Crippen molar-refractivity contribution in [2.45, 2.75) is 44.6 Å². The van der Waals surface area contributed by atoms with Crippen LogP contribution in [0.2, 0.25) is 0 Å². The topological polar surface area (TPSA) is 47.6 Å². The Bertz CT molecular complexity index is 502. The Balaban J connectivity index is 2.09. The van der Waals surface area contributed by atoms with E-state index in [4.69, 9.17) is 9.47 Å². The van der Waals surface area contributed by atoms with Crippen LogP contribution in [0, 0.1) is 0 Å². The molecule has 1 fully saturated rings. The maximum atomic E-state index is 12.0. The summed E-state index contributed by atoms with van der Waals surface area (Å²) in [6.45, 7) is 7.59. The molecule has 122 valence electrons. The minimum atomic E-state index is -0.482. The smallest absolute Gasteiger partial charge is 0.407 e. The van der Waals surface area contributed by atoms with E-state index in [-0.39, 0.29) is 11.5 Å². The quantitative estimate of drug-likeness (QED) is 0.874. The summed E-state index contributed by atoms with van der Waals surface area (Å²) in [7, 11) is 0. The van der Waals surface area contributed by atoms with Gasteiger partial charge in [0.2, 0.25) is 0 Å². The number of alkyl carbamates (subject to hydrolysis) is 1. The molecule has 0 aromatic heterocycles. The zero-order chi connectivity index (χ0) is 16.2.